The van der Waals surface area contributed by atoms with Gasteiger partial charge < -0.3 is 14.3 Å². The second-order valence-corrected chi connectivity index (χ2v) is 6.27. The van der Waals surface area contributed by atoms with Gasteiger partial charge in [-0.2, -0.15) is 11.8 Å². The molecule has 25 heavy (non-hydrogen) atoms. The van der Waals surface area contributed by atoms with E-state index < -0.39 is 0 Å². The van der Waals surface area contributed by atoms with Crippen LogP contribution in [0.1, 0.15) is 11.5 Å². The fourth-order valence-corrected chi connectivity index (χ4v) is 2.68. The molecule has 0 radical (unpaired) electrons. The molecular formula is C19H22NNaO3S. The Bertz CT molecular complexity index is 671. The molecule has 0 amide bonds. The zero-order valence-electron chi connectivity index (χ0n) is 14.9. The summed E-state index contributed by atoms with van der Waals surface area (Å²) in [6.07, 6.45) is 4.69. The molecule has 4 nitrogen and oxygen atoms in total. The van der Waals surface area contributed by atoms with Crippen molar-refractivity contribution in [2.45, 2.75) is 13.3 Å². The number of ether oxygens (including phenoxy) is 1. The van der Waals surface area contributed by atoms with Crippen molar-refractivity contribution in [1.29, 1.82) is 0 Å². The fraction of sp³-hybridized carbons (Fsp3) is 0.316. The molecule has 1 aromatic heterocycles. The van der Waals surface area contributed by atoms with Crippen molar-refractivity contribution in [1.82, 2.24) is 4.98 Å². The fourth-order valence-electron chi connectivity index (χ4n) is 2.06. The smallest absolute Gasteiger partial charge is 0.875 e. The Morgan fingerprint density at radius 1 is 1.32 bits per heavy atom. The summed E-state index contributed by atoms with van der Waals surface area (Å²) in [6.45, 7) is 6.41. The van der Waals surface area contributed by atoms with Crippen LogP contribution in [0, 0.1) is 6.92 Å². The zero-order valence-corrected chi connectivity index (χ0v) is 17.7. The minimum Gasteiger partial charge on any atom is -0.875 e. The van der Waals surface area contributed by atoms with Gasteiger partial charge in [-0.25, -0.2) is 4.98 Å². The summed E-state index contributed by atoms with van der Waals surface area (Å²) in [6, 6.07) is 9.87. The summed E-state index contributed by atoms with van der Waals surface area (Å²) >= 11 is 1.55. The van der Waals surface area contributed by atoms with Crippen molar-refractivity contribution < 1.29 is 43.8 Å². The predicted octanol–water partition coefficient (Wildman–Crippen LogP) is 0.377. The van der Waals surface area contributed by atoms with Crippen LogP contribution < -0.4 is 34.7 Å². The summed E-state index contributed by atoms with van der Waals surface area (Å²) in [5.74, 6) is 2.71. The van der Waals surface area contributed by atoms with E-state index >= 15 is 0 Å². The third-order valence-corrected chi connectivity index (χ3v) is 4.21. The van der Waals surface area contributed by atoms with Gasteiger partial charge in [-0.1, -0.05) is 30.4 Å². The number of hydrogen-bond acceptors (Lipinski definition) is 5. The van der Waals surface area contributed by atoms with Crippen LogP contribution >= 0.6 is 11.8 Å². The number of aryl methyl sites for hydroxylation is 1. The van der Waals surface area contributed by atoms with Gasteiger partial charge in [0.05, 0.1) is 18.9 Å². The Morgan fingerprint density at radius 2 is 2.08 bits per heavy atom. The first-order chi connectivity index (χ1) is 11.7. The number of aromatic nitrogens is 1. The number of rotatable bonds is 10. The quantitative estimate of drug-likeness (QED) is 0.263. The van der Waals surface area contributed by atoms with E-state index in [2.05, 4.69) is 11.6 Å². The van der Waals surface area contributed by atoms with Crippen LogP contribution in [0.15, 0.2) is 59.2 Å². The van der Waals surface area contributed by atoms with Gasteiger partial charge in [-0.05, 0) is 19.1 Å². The van der Waals surface area contributed by atoms with Crippen molar-refractivity contribution in [3.8, 4) is 11.5 Å². The van der Waals surface area contributed by atoms with Crippen LogP contribution in [-0.4, -0.2) is 29.7 Å². The van der Waals surface area contributed by atoms with E-state index in [1.807, 2.05) is 49.4 Å². The molecule has 0 spiro atoms. The maximum Gasteiger partial charge on any atom is 1.00 e. The first-order valence-corrected chi connectivity index (χ1v) is 8.99. The summed E-state index contributed by atoms with van der Waals surface area (Å²) < 4.78 is 11.3. The largest absolute Gasteiger partial charge is 1.00 e. The average molecular weight is 367 g/mol. The Kier molecular flexibility index (Phi) is 10.9. The van der Waals surface area contributed by atoms with Gasteiger partial charge in [0.2, 0.25) is 5.89 Å². The molecular weight excluding hydrogens is 345 g/mol. The monoisotopic (exact) mass is 367 g/mol. The van der Waals surface area contributed by atoms with E-state index in [4.69, 9.17) is 9.15 Å². The molecule has 1 heterocycles. The van der Waals surface area contributed by atoms with Crippen molar-refractivity contribution >= 4 is 11.8 Å². The Balaban J connectivity index is 0.00000312. The SMILES string of the molecule is C=C([O-])CSC/C=C\COCCc1nc(-c2ccccc2)oc1C.[Na+]. The van der Waals surface area contributed by atoms with Crippen LogP contribution in [0.2, 0.25) is 0 Å². The van der Waals surface area contributed by atoms with E-state index in [0.717, 1.165) is 29.2 Å². The van der Waals surface area contributed by atoms with Gasteiger partial charge in [0, 0.05) is 23.5 Å². The standard InChI is InChI=1S/C19H23NO3S.Na/c1-15(21)14-24-13-7-6-11-22-12-10-18-16(2)23-19(20-18)17-8-4-3-5-9-17;/h3-9,21H,1,10-14H2,2H3;/q;+1/p-1/b7-6-;. The molecule has 0 fully saturated rings. The topological polar surface area (TPSA) is 58.3 Å². The number of oxazole rings is 1. The van der Waals surface area contributed by atoms with Gasteiger partial charge in [-0.3, -0.25) is 0 Å². The third-order valence-electron chi connectivity index (χ3n) is 3.25. The van der Waals surface area contributed by atoms with Crippen LogP contribution in [0.25, 0.3) is 11.5 Å². The molecule has 1 aromatic carbocycles. The van der Waals surface area contributed by atoms with Gasteiger partial charge in [0.15, 0.2) is 0 Å². The summed E-state index contributed by atoms with van der Waals surface area (Å²) in [5, 5.41) is 10.7. The zero-order chi connectivity index (χ0) is 17.2. The summed E-state index contributed by atoms with van der Waals surface area (Å²) in [7, 11) is 0. The van der Waals surface area contributed by atoms with Gasteiger partial charge in [-0.15, -0.1) is 12.3 Å². The number of benzene rings is 1. The van der Waals surface area contributed by atoms with Gasteiger partial charge in [0.25, 0.3) is 0 Å². The molecule has 0 unspecified atom stereocenters. The van der Waals surface area contributed by atoms with Crippen LogP contribution in [-0.2, 0) is 11.2 Å². The summed E-state index contributed by atoms with van der Waals surface area (Å²) in [5.41, 5.74) is 1.91. The first-order valence-electron chi connectivity index (χ1n) is 7.84. The van der Waals surface area contributed by atoms with Crippen molar-refractivity contribution in [2.75, 3.05) is 24.7 Å². The average Bonchev–Trinajstić information content (AvgIpc) is 2.95. The molecule has 0 N–H and O–H groups in total. The maximum atomic E-state index is 10.7. The minimum atomic E-state index is -0.0393. The molecule has 128 valence electrons. The normalized spacial score (nSPS) is 10.8. The van der Waals surface area contributed by atoms with E-state index in [0.29, 0.717) is 24.9 Å². The molecule has 6 heteroatoms. The van der Waals surface area contributed by atoms with Crippen molar-refractivity contribution in [2.24, 2.45) is 0 Å². The molecule has 0 aliphatic rings. The second kappa shape index (κ2) is 12.4. The number of thioether (sulfide) groups is 1. The molecule has 0 atom stereocenters. The van der Waals surface area contributed by atoms with E-state index in [9.17, 15) is 5.11 Å². The molecule has 0 bridgehead atoms. The van der Waals surface area contributed by atoms with Crippen molar-refractivity contribution in [3.63, 3.8) is 0 Å². The molecule has 0 saturated heterocycles. The van der Waals surface area contributed by atoms with Gasteiger partial charge in [0.1, 0.15) is 5.76 Å². The van der Waals surface area contributed by atoms with Crippen LogP contribution in [0.4, 0.5) is 0 Å². The molecule has 2 rings (SSSR count). The molecule has 0 aliphatic carbocycles. The Hall–Kier alpha value is -0.980. The van der Waals surface area contributed by atoms with Crippen LogP contribution in [0.5, 0.6) is 0 Å². The Labute approximate surface area is 175 Å². The van der Waals surface area contributed by atoms with Gasteiger partial charge >= 0.3 is 29.6 Å². The number of nitrogens with zero attached hydrogens (tertiary/aromatic N) is 1. The van der Waals surface area contributed by atoms with Crippen molar-refractivity contribution in [3.05, 3.63) is 66.3 Å². The first kappa shape index (κ1) is 22.1. The predicted molar refractivity (Wildman–Crippen MR) is 96.8 cm³/mol. The molecule has 0 aliphatic heterocycles. The minimum absolute atomic E-state index is 0. The molecule has 0 saturated carbocycles. The van der Waals surface area contributed by atoms with E-state index in [1.165, 1.54) is 0 Å². The summed E-state index contributed by atoms with van der Waals surface area (Å²) in [4.78, 5) is 4.55. The Morgan fingerprint density at radius 3 is 2.80 bits per heavy atom. The number of hydrogen-bond donors (Lipinski definition) is 0. The molecule has 2 aromatic rings. The van der Waals surface area contributed by atoms with Crippen LogP contribution in [0.3, 0.4) is 0 Å². The third kappa shape index (κ3) is 8.29. The van der Waals surface area contributed by atoms with E-state index in [-0.39, 0.29) is 35.3 Å². The maximum absolute atomic E-state index is 10.7. The van der Waals surface area contributed by atoms with E-state index in [1.54, 1.807) is 11.8 Å². The second-order valence-electron chi connectivity index (χ2n) is 5.24.